The molecule has 2 aromatic rings. The standard InChI is InChI=1S/C12H16N4O2S2/c1-2-9-6-16-12(19-9)7-15-10-4-3-8(13)5-11(10)20(14,17)18/h3-6,15H,2,7,13H2,1H3,(H2,14,17,18). The van der Waals surface area contributed by atoms with Crippen LogP contribution in [0.1, 0.15) is 16.8 Å². The predicted molar refractivity (Wildman–Crippen MR) is 81.0 cm³/mol. The molecule has 1 aromatic heterocycles. The number of nitrogens with two attached hydrogens (primary N) is 2. The summed E-state index contributed by atoms with van der Waals surface area (Å²) >= 11 is 1.59. The quantitative estimate of drug-likeness (QED) is 0.725. The molecule has 6 nitrogen and oxygen atoms in total. The third-order valence-electron chi connectivity index (χ3n) is 2.69. The van der Waals surface area contributed by atoms with Gasteiger partial charge in [-0.25, -0.2) is 18.5 Å². The summed E-state index contributed by atoms with van der Waals surface area (Å²) in [5.41, 5.74) is 6.37. The number of aryl methyl sites for hydroxylation is 1. The Balaban J connectivity index is 2.21. The molecule has 0 aliphatic rings. The Bertz CT molecular complexity index is 710. The van der Waals surface area contributed by atoms with Crippen molar-refractivity contribution >= 4 is 32.7 Å². The van der Waals surface area contributed by atoms with Gasteiger partial charge in [0.1, 0.15) is 9.90 Å². The fourth-order valence-electron chi connectivity index (χ4n) is 1.68. The van der Waals surface area contributed by atoms with Crippen molar-refractivity contribution in [3.63, 3.8) is 0 Å². The number of anilines is 2. The van der Waals surface area contributed by atoms with Crippen LogP contribution in [0.4, 0.5) is 11.4 Å². The molecule has 108 valence electrons. The van der Waals surface area contributed by atoms with Crippen LogP contribution in [-0.4, -0.2) is 13.4 Å². The summed E-state index contributed by atoms with van der Waals surface area (Å²) in [7, 11) is -3.82. The zero-order valence-electron chi connectivity index (χ0n) is 11.0. The van der Waals surface area contributed by atoms with Gasteiger partial charge in [0, 0.05) is 16.8 Å². The lowest BCUT2D eigenvalue weighted by Gasteiger charge is -2.10. The zero-order chi connectivity index (χ0) is 14.8. The van der Waals surface area contributed by atoms with E-state index in [0.717, 1.165) is 11.4 Å². The van der Waals surface area contributed by atoms with Crippen LogP contribution in [0.15, 0.2) is 29.3 Å². The number of rotatable bonds is 5. The summed E-state index contributed by atoms with van der Waals surface area (Å²) in [6, 6.07) is 4.57. The number of nitrogens with one attached hydrogen (secondary N) is 1. The van der Waals surface area contributed by atoms with Gasteiger partial charge in [0.15, 0.2) is 0 Å². The number of hydrogen-bond acceptors (Lipinski definition) is 6. The van der Waals surface area contributed by atoms with E-state index < -0.39 is 10.0 Å². The first kappa shape index (κ1) is 14.8. The van der Waals surface area contributed by atoms with E-state index in [-0.39, 0.29) is 4.90 Å². The van der Waals surface area contributed by atoms with Crippen molar-refractivity contribution in [1.82, 2.24) is 4.98 Å². The van der Waals surface area contributed by atoms with Gasteiger partial charge in [-0.3, -0.25) is 0 Å². The average molecular weight is 312 g/mol. The minimum atomic E-state index is -3.82. The molecule has 0 fully saturated rings. The van der Waals surface area contributed by atoms with E-state index in [2.05, 4.69) is 17.2 Å². The molecule has 0 bridgehead atoms. The lowest BCUT2D eigenvalue weighted by Crippen LogP contribution is -2.15. The first-order chi connectivity index (χ1) is 9.40. The monoisotopic (exact) mass is 312 g/mol. The minimum absolute atomic E-state index is 0.00947. The van der Waals surface area contributed by atoms with Gasteiger partial charge in [-0.15, -0.1) is 11.3 Å². The Morgan fingerprint density at radius 3 is 2.75 bits per heavy atom. The molecule has 0 aliphatic heterocycles. The maximum Gasteiger partial charge on any atom is 0.240 e. The van der Waals surface area contributed by atoms with Gasteiger partial charge < -0.3 is 11.1 Å². The lowest BCUT2D eigenvalue weighted by molar-refractivity contribution is 0.598. The molecule has 0 amide bonds. The summed E-state index contributed by atoms with van der Waals surface area (Å²) in [6.45, 7) is 2.50. The van der Waals surface area contributed by atoms with Crippen LogP contribution in [0.5, 0.6) is 0 Å². The van der Waals surface area contributed by atoms with Crippen LogP contribution < -0.4 is 16.2 Å². The topological polar surface area (TPSA) is 111 Å². The molecule has 0 saturated carbocycles. The Kier molecular flexibility index (Phi) is 4.26. The molecule has 20 heavy (non-hydrogen) atoms. The molecule has 5 N–H and O–H groups in total. The SMILES string of the molecule is CCc1cnc(CNc2ccc(N)cc2S(N)(=O)=O)s1. The molecule has 8 heteroatoms. The van der Waals surface area contributed by atoms with Crippen LogP contribution in [0.25, 0.3) is 0 Å². The van der Waals surface area contributed by atoms with Crippen LogP contribution >= 0.6 is 11.3 Å². The molecule has 0 radical (unpaired) electrons. The van der Waals surface area contributed by atoms with Crippen molar-refractivity contribution in [2.45, 2.75) is 24.8 Å². The number of hydrogen-bond donors (Lipinski definition) is 3. The average Bonchev–Trinajstić information content (AvgIpc) is 2.84. The van der Waals surface area contributed by atoms with Crippen LogP contribution in [-0.2, 0) is 23.0 Å². The second kappa shape index (κ2) is 5.78. The summed E-state index contributed by atoms with van der Waals surface area (Å²) in [5, 5.41) is 9.11. The highest BCUT2D eigenvalue weighted by molar-refractivity contribution is 7.89. The summed E-state index contributed by atoms with van der Waals surface area (Å²) in [4.78, 5) is 5.44. The van der Waals surface area contributed by atoms with E-state index in [9.17, 15) is 8.42 Å². The third kappa shape index (κ3) is 3.47. The fraction of sp³-hybridized carbons (Fsp3) is 0.250. The maximum atomic E-state index is 11.5. The Hall–Kier alpha value is -1.64. The molecular formula is C12H16N4O2S2. The van der Waals surface area contributed by atoms with Crippen molar-refractivity contribution in [2.24, 2.45) is 5.14 Å². The van der Waals surface area contributed by atoms with Gasteiger partial charge >= 0.3 is 0 Å². The Morgan fingerprint density at radius 1 is 1.40 bits per heavy atom. The van der Waals surface area contributed by atoms with E-state index in [0.29, 0.717) is 17.9 Å². The smallest absolute Gasteiger partial charge is 0.240 e. The van der Waals surface area contributed by atoms with Crippen molar-refractivity contribution in [3.05, 3.63) is 34.3 Å². The van der Waals surface area contributed by atoms with Crippen LogP contribution in [0.2, 0.25) is 0 Å². The van der Waals surface area contributed by atoms with E-state index in [1.807, 2.05) is 6.20 Å². The number of benzene rings is 1. The molecule has 0 unspecified atom stereocenters. The second-order valence-corrected chi connectivity index (χ2v) is 6.96. The van der Waals surface area contributed by atoms with Crippen molar-refractivity contribution < 1.29 is 8.42 Å². The van der Waals surface area contributed by atoms with Gasteiger partial charge in [-0.05, 0) is 24.6 Å². The molecule has 1 aromatic carbocycles. The first-order valence-corrected chi connectivity index (χ1v) is 8.36. The van der Waals surface area contributed by atoms with Gasteiger partial charge in [0.05, 0.1) is 12.2 Å². The predicted octanol–water partition coefficient (Wildman–Crippen LogP) is 1.55. The number of thiazole rings is 1. The molecule has 1 heterocycles. The minimum Gasteiger partial charge on any atom is -0.399 e. The van der Waals surface area contributed by atoms with Crippen LogP contribution in [0.3, 0.4) is 0 Å². The first-order valence-electron chi connectivity index (χ1n) is 6.00. The van der Waals surface area contributed by atoms with Gasteiger partial charge in [-0.1, -0.05) is 6.92 Å². The van der Waals surface area contributed by atoms with Gasteiger partial charge in [0.2, 0.25) is 10.0 Å². The van der Waals surface area contributed by atoms with Gasteiger partial charge in [-0.2, -0.15) is 0 Å². The van der Waals surface area contributed by atoms with E-state index in [1.165, 1.54) is 10.9 Å². The van der Waals surface area contributed by atoms with E-state index >= 15 is 0 Å². The number of aromatic nitrogens is 1. The van der Waals surface area contributed by atoms with Crippen LogP contribution in [0, 0.1) is 0 Å². The van der Waals surface area contributed by atoms with Crippen molar-refractivity contribution in [3.8, 4) is 0 Å². The highest BCUT2D eigenvalue weighted by Crippen LogP contribution is 2.24. The fourth-order valence-corrected chi connectivity index (χ4v) is 3.23. The Morgan fingerprint density at radius 2 is 2.15 bits per heavy atom. The molecule has 0 aliphatic carbocycles. The largest absolute Gasteiger partial charge is 0.399 e. The second-order valence-electron chi connectivity index (χ2n) is 4.23. The molecule has 0 saturated heterocycles. The van der Waals surface area contributed by atoms with Crippen molar-refractivity contribution in [1.29, 1.82) is 0 Å². The van der Waals surface area contributed by atoms with E-state index in [4.69, 9.17) is 10.9 Å². The summed E-state index contributed by atoms with van der Waals surface area (Å²) in [6.07, 6.45) is 2.76. The number of nitrogen functional groups attached to an aromatic ring is 1. The normalized spacial score (nSPS) is 11.5. The molecular weight excluding hydrogens is 296 g/mol. The highest BCUT2D eigenvalue weighted by Gasteiger charge is 2.14. The molecule has 0 spiro atoms. The number of sulfonamides is 1. The lowest BCUT2D eigenvalue weighted by atomic mass is 10.3. The Labute approximate surface area is 121 Å². The zero-order valence-corrected chi connectivity index (χ0v) is 12.6. The summed E-state index contributed by atoms with van der Waals surface area (Å²) < 4.78 is 23.1. The van der Waals surface area contributed by atoms with Gasteiger partial charge in [0.25, 0.3) is 0 Å². The molecule has 2 rings (SSSR count). The molecule has 0 atom stereocenters. The summed E-state index contributed by atoms with van der Waals surface area (Å²) in [5.74, 6) is 0. The highest BCUT2D eigenvalue weighted by atomic mass is 32.2. The number of nitrogens with zero attached hydrogens (tertiary/aromatic N) is 1. The number of primary sulfonamides is 1. The van der Waals surface area contributed by atoms with E-state index in [1.54, 1.807) is 23.5 Å². The van der Waals surface area contributed by atoms with Crippen molar-refractivity contribution in [2.75, 3.05) is 11.1 Å². The maximum absolute atomic E-state index is 11.5. The third-order valence-corrected chi connectivity index (χ3v) is 4.78.